The highest BCUT2D eigenvalue weighted by atomic mass is 32.2. The van der Waals surface area contributed by atoms with Gasteiger partial charge in [-0.2, -0.15) is 4.72 Å². The third-order valence-corrected chi connectivity index (χ3v) is 8.74. The van der Waals surface area contributed by atoms with Crippen molar-refractivity contribution < 1.29 is 27.7 Å². The lowest BCUT2D eigenvalue weighted by atomic mass is 9.49. The predicted octanol–water partition coefficient (Wildman–Crippen LogP) is 1.79. The van der Waals surface area contributed by atoms with Crippen LogP contribution in [0, 0.1) is 33.3 Å². The molecular formula is C22H30N4O7S. The number of nitro benzene ring substituents is 1. The van der Waals surface area contributed by atoms with Gasteiger partial charge < -0.3 is 15.4 Å². The molecule has 3 N–H and O–H groups in total. The number of nitrogens with one attached hydrogen (secondary N) is 3. The fourth-order valence-corrected chi connectivity index (χ4v) is 7.31. The number of carbonyl (C=O) groups is 2. The Kier molecular flexibility index (Phi) is 6.81. The number of benzene rings is 1. The monoisotopic (exact) mass is 494 g/mol. The molecule has 4 saturated carbocycles. The maximum absolute atomic E-state index is 12.4. The predicted molar refractivity (Wildman–Crippen MR) is 122 cm³/mol. The Balaban J connectivity index is 1.23. The zero-order valence-electron chi connectivity index (χ0n) is 19.0. The van der Waals surface area contributed by atoms with Crippen LogP contribution in [0.15, 0.2) is 23.1 Å². The zero-order chi connectivity index (χ0) is 24.5. The summed E-state index contributed by atoms with van der Waals surface area (Å²) in [7, 11) is -2.72. The second-order valence-electron chi connectivity index (χ2n) is 9.87. The highest BCUT2D eigenvalue weighted by molar-refractivity contribution is 7.89. The van der Waals surface area contributed by atoms with E-state index in [0.29, 0.717) is 6.54 Å². The molecule has 1 amide bonds. The lowest BCUT2D eigenvalue weighted by molar-refractivity contribution is -0.384. The van der Waals surface area contributed by atoms with E-state index in [1.807, 2.05) is 4.72 Å². The van der Waals surface area contributed by atoms with Crippen molar-refractivity contribution in [3.05, 3.63) is 28.3 Å². The number of nitro groups is 1. The Hall–Kier alpha value is -2.73. The minimum atomic E-state index is -4.19. The van der Waals surface area contributed by atoms with Crippen molar-refractivity contribution >= 4 is 33.3 Å². The Morgan fingerprint density at radius 3 is 2.32 bits per heavy atom. The van der Waals surface area contributed by atoms with E-state index in [2.05, 4.69) is 10.6 Å². The van der Waals surface area contributed by atoms with Crippen LogP contribution < -0.4 is 15.4 Å². The summed E-state index contributed by atoms with van der Waals surface area (Å²) in [5, 5.41) is 16.7. The maximum Gasteiger partial charge on any atom is 0.321 e. The summed E-state index contributed by atoms with van der Waals surface area (Å²) in [6, 6.07) is 3.35. The summed E-state index contributed by atoms with van der Waals surface area (Å²) in [5.41, 5.74) is -0.0956. The maximum atomic E-state index is 12.4. The average Bonchev–Trinajstić information content (AvgIpc) is 2.78. The van der Waals surface area contributed by atoms with E-state index in [1.165, 1.54) is 38.4 Å². The topological polar surface area (TPSA) is 157 Å². The van der Waals surface area contributed by atoms with Crippen LogP contribution in [0.25, 0.3) is 0 Å². The molecule has 4 fully saturated rings. The molecule has 0 radical (unpaired) electrons. The van der Waals surface area contributed by atoms with Crippen LogP contribution in [0.1, 0.15) is 38.5 Å². The van der Waals surface area contributed by atoms with Crippen LogP contribution >= 0.6 is 0 Å². The van der Waals surface area contributed by atoms with E-state index in [0.717, 1.165) is 43.1 Å². The van der Waals surface area contributed by atoms with Gasteiger partial charge in [0, 0.05) is 19.7 Å². The summed E-state index contributed by atoms with van der Waals surface area (Å²) in [6.45, 7) is -0.609. The fourth-order valence-electron chi connectivity index (χ4n) is 6.32. The summed E-state index contributed by atoms with van der Waals surface area (Å²) >= 11 is 0. The Bertz CT molecular complexity index is 1050. The fraction of sp³-hybridized carbons (Fsp3) is 0.636. The molecule has 0 aromatic heterocycles. The Morgan fingerprint density at radius 1 is 1.15 bits per heavy atom. The molecule has 186 valence electrons. The Labute approximate surface area is 198 Å². The molecule has 0 atom stereocenters. The first-order valence-corrected chi connectivity index (χ1v) is 13.0. The molecule has 4 aliphatic carbocycles. The van der Waals surface area contributed by atoms with Crippen LogP contribution in [-0.4, -0.2) is 52.0 Å². The summed E-state index contributed by atoms with van der Waals surface area (Å²) in [4.78, 5) is 34.3. The number of amides is 1. The third-order valence-electron chi connectivity index (χ3n) is 7.34. The summed E-state index contributed by atoms with van der Waals surface area (Å²) < 4.78 is 31.8. The number of rotatable bonds is 10. The van der Waals surface area contributed by atoms with E-state index in [1.54, 1.807) is 0 Å². The first-order chi connectivity index (χ1) is 16.1. The van der Waals surface area contributed by atoms with E-state index in [9.17, 15) is 28.1 Å². The smallest absolute Gasteiger partial charge is 0.321 e. The highest BCUT2D eigenvalue weighted by Gasteiger charge is 2.50. The van der Waals surface area contributed by atoms with Crippen molar-refractivity contribution in [2.24, 2.45) is 23.2 Å². The quantitative estimate of drug-likeness (QED) is 0.252. The van der Waals surface area contributed by atoms with Gasteiger partial charge in [-0.05, 0) is 73.8 Å². The normalized spacial score (nSPS) is 27.3. The van der Waals surface area contributed by atoms with E-state index in [4.69, 9.17) is 4.74 Å². The minimum absolute atomic E-state index is 0.155. The van der Waals surface area contributed by atoms with Gasteiger partial charge in [-0.3, -0.25) is 19.7 Å². The van der Waals surface area contributed by atoms with Gasteiger partial charge >= 0.3 is 5.97 Å². The molecule has 0 aliphatic heterocycles. The van der Waals surface area contributed by atoms with Gasteiger partial charge in [0.2, 0.25) is 10.0 Å². The van der Waals surface area contributed by atoms with Crippen LogP contribution in [0.4, 0.5) is 11.4 Å². The van der Waals surface area contributed by atoms with Crippen molar-refractivity contribution in [1.29, 1.82) is 0 Å². The molecule has 0 heterocycles. The SMILES string of the molecule is CNc1ccc(S(=O)(=O)NCC(=O)OCC(=O)NCC23CC4CC(CC(C4)C2)C3)cc1[N+](=O)[O-]. The molecule has 1 aromatic carbocycles. The molecule has 1 aromatic rings. The Morgan fingerprint density at radius 2 is 1.76 bits per heavy atom. The molecule has 4 aliphatic rings. The molecule has 0 saturated heterocycles. The number of sulfonamides is 1. The number of ether oxygens (including phenoxy) is 1. The molecule has 34 heavy (non-hydrogen) atoms. The van der Waals surface area contributed by atoms with Crippen molar-refractivity contribution in [2.45, 2.75) is 43.4 Å². The number of esters is 1. The molecule has 4 bridgehead atoms. The van der Waals surface area contributed by atoms with Gasteiger partial charge in [0.25, 0.3) is 11.6 Å². The third kappa shape index (κ3) is 5.33. The first-order valence-electron chi connectivity index (χ1n) is 11.5. The number of hydrogen-bond acceptors (Lipinski definition) is 8. The number of carbonyl (C=O) groups excluding carboxylic acids is 2. The lowest BCUT2D eigenvalue weighted by Crippen LogP contribution is -2.51. The van der Waals surface area contributed by atoms with Gasteiger partial charge in [0.05, 0.1) is 9.82 Å². The van der Waals surface area contributed by atoms with Crippen LogP contribution in [0.5, 0.6) is 0 Å². The second-order valence-corrected chi connectivity index (χ2v) is 11.6. The van der Waals surface area contributed by atoms with Gasteiger partial charge in [0.1, 0.15) is 12.2 Å². The van der Waals surface area contributed by atoms with Crippen molar-refractivity contribution in [2.75, 3.05) is 32.1 Å². The number of nitrogens with zero attached hydrogens (tertiary/aromatic N) is 1. The zero-order valence-corrected chi connectivity index (χ0v) is 19.9. The summed E-state index contributed by atoms with van der Waals surface area (Å²) in [6.07, 6.45) is 7.38. The lowest BCUT2D eigenvalue weighted by Gasteiger charge is -2.56. The number of hydrogen-bond donors (Lipinski definition) is 3. The van der Waals surface area contributed by atoms with Crippen molar-refractivity contribution in [3.8, 4) is 0 Å². The second kappa shape index (κ2) is 9.49. The van der Waals surface area contributed by atoms with Gasteiger partial charge in [-0.25, -0.2) is 8.42 Å². The first kappa shape index (κ1) is 24.4. The van der Waals surface area contributed by atoms with Crippen LogP contribution in [-0.2, 0) is 24.3 Å². The largest absolute Gasteiger partial charge is 0.455 e. The van der Waals surface area contributed by atoms with Crippen LogP contribution in [0.3, 0.4) is 0 Å². The highest BCUT2D eigenvalue weighted by Crippen LogP contribution is 2.59. The number of anilines is 1. The molecule has 0 spiro atoms. The molecular weight excluding hydrogens is 464 g/mol. The van der Waals surface area contributed by atoms with Gasteiger partial charge in [-0.15, -0.1) is 0 Å². The minimum Gasteiger partial charge on any atom is -0.455 e. The van der Waals surface area contributed by atoms with Gasteiger partial charge in [0.15, 0.2) is 6.61 Å². The molecule has 11 nitrogen and oxygen atoms in total. The van der Waals surface area contributed by atoms with Crippen LogP contribution in [0.2, 0.25) is 0 Å². The molecule has 0 unspecified atom stereocenters. The van der Waals surface area contributed by atoms with E-state index < -0.39 is 45.7 Å². The van der Waals surface area contributed by atoms with Gasteiger partial charge in [-0.1, -0.05) is 0 Å². The molecule has 12 heteroatoms. The van der Waals surface area contributed by atoms with Crippen molar-refractivity contribution in [1.82, 2.24) is 10.0 Å². The van der Waals surface area contributed by atoms with E-state index >= 15 is 0 Å². The average molecular weight is 495 g/mol. The summed E-state index contributed by atoms with van der Waals surface area (Å²) in [5.74, 6) is 0.972. The van der Waals surface area contributed by atoms with Crippen molar-refractivity contribution in [3.63, 3.8) is 0 Å². The van der Waals surface area contributed by atoms with E-state index in [-0.39, 0.29) is 16.0 Å². The molecule has 5 rings (SSSR count). The standard InChI is InChI=1S/C22H30N4O7S/c1-23-18-3-2-17(7-19(18)26(29)30)34(31,32)25-11-21(28)33-12-20(27)24-13-22-8-14-4-15(9-22)6-16(5-14)10-22/h2-3,7,14-16,23,25H,4-6,8-13H2,1H3,(H,24,27).